The number of carbonyl (C=O) groups is 1. The fraction of sp³-hybridized carbons (Fsp3) is 0.0667. The first-order valence-electron chi connectivity index (χ1n) is 6.70. The first-order chi connectivity index (χ1) is 11.4. The monoisotopic (exact) mass is 329 g/mol. The molecule has 3 aromatic heterocycles. The first-order valence-corrected chi connectivity index (χ1v) is 6.70. The molecule has 3 aromatic rings. The highest BCUT2D eigenvalue weighted by Gasteiger charge is 2.38. The molecule has 118 valence electrons. The van der Waals surface area contributed by atoms with Gasteiger partial charge < -0.3 is 0 Å². The molecule has 0 fully saturated rings. The van der Waals surface area contributed by atoms with Crippen molar-refractivity contribution in [3.8, 4) is 22.4 Å². The zero-order valence-corrected chi connectivity index (χ0v) is 11.7. The number of fused-ring (bicyclic) bond motifs is 3. The van der Waals surface area contributed by atoms with Crippen LogP contribution in [0.3, 0.4) is 0 Å². The second-order valence-corrected chi connectivity index (χ2v) is 5.03. The van der Waals surface area contributed by atoms with Gasteiger partial charge >= 0.3 is 6.18 Å². The minimum absolute atomic E-state index is 0.194. The summed E-state index contributed by atoms with van der Waals surface area (Å²) < 4.78 is 38.2. The van der Waals surface area contributed by atoms with Gasteiger partial charge in [0.25, 0.3) is 0 Å². The van der Waals surface area contributed by atoms with Gasteiger partial charge in [0, 0.05) is 41.5 Å². The molecule has 4 rings (SSSR count). The van der Waals surface area contributed by atoms with Crippen molar-refractivity contribution >= 4 is 5.78 Å². The number of hydrogen-bond acceptors (Lipinski definition) is 6. The Kier molecular flexibility index (Phi) is 2.92. The molecular weight excluding hydrogens is 323 g/mol. The number of alkyl halides is 3. The molecular formula is C15H6F3N5O. The minimum atomic E-state index is -4.71. The fourth-order valence-corrected chi connectivity index (χ4v) is 2.46. The van der Waals surface area contributed by atoms with Crippen LogP contribution < -0.4 is 0 Å². The highest BCUT2D eigenvalue weighted by molar-refractivity contribution is 6.20. The summed E-state index contributed by atoms with van der Waals surface area (Å²) >= 11 is 0. The highest BCUT2D eigenvalue weighted by atomic mass is 19.4. The third kappa shape index (κ3) is 2.13. The lowest BCUT2D eigenvalue weighted by molar-refractivity contribution is -0.145. The smallest absolute Gasteiger partial charge is 0.287 e. The number of rotatable bonds is 1. The maximum Gasteiger partial charge on any atom is 0.451 e. The number of hydrogen-bond donors (Lipinski definition) is 0. The maximum atomic E-state index is 12.7. The van der Waals surface area contributed by atoms with Crippen molar-refractivity contribution in [2.24, 2.45) is 0 Å². The van der Waals surface area contributed by atoms with Crippen LogP contribution in [-0.2, 0) is 6.18 Å². The van der Waals surface area contributed by atoms with Crippen LogP contribution in [0.5, 0.6) is 0 Å². The molecule has 6 nitrogen and oxygen atoms in total. The molecule has 9 heteroatoms. The lowest BCUT2D eigenvalue weighted by Crippen LogP contribution is -2.13. The van der Waals surface area contributed by atoms with E-state index in [1.165, 1.54) is 12.5 Å². The standard InChI is InChI=1S/C15H6F3N5O/c16-15(17,18)14-22-4-9-8-1-11(7-2-19-6-20-3-7)21-5-10(8)13(24)12(9)23-14/h1-6H. The molecule has 0 N–H and O–H groups in total. The predicted molar refractivity (Wildman–Crippen MR) is 74.7 cm³/mol. The van der Waals surface area contributed by atoms with Crippen LogP contribution in [0.2, 0.25) is 0 Å². The van der Waals surface area contributed by atoms with Crippen molar-refractivity contribution in [3.05, 3.63) is 54.3 Å². The van der Waals surface area contributed by atoms with E-state index in [-0.39, 0.29) is 16.8 Å². The Morgan fingerprint density at radius 2 is 1.58 bits per heavy atom. The summed E-state index contributed by atoms with van der Waals surface area (Å²) in [7, 11) is 0. The number of ketones is 1. The molecule has 0 unspecified atom stereocenters. The summed E-state index contributed by atoms with van der Waals surface area (Å²) in [5, 5.41) is 0. The van der Waals surface area contributed by atoms with Crippen LogP contribution in [-0.4, -0.2) is 30.7 Å². The average molecular weight is 329 g/mol. The Hall–Kier alpha value is -3.23. The van der Waals surface area contributed by atoms with Gasteiger partial charge in [0.2, 0.25) is 11.6 Å². The molecule has 0 aliphatic heterocycles. The van der Waals surface area contributed by atoms with E-state index in [0.29, 0.717) is 16.8 Å². The van der Waals surface area contributed by atoms with E-state index in [2.05, 4.69) is 24.9 Å². The zero-order chi connectivity index (χ0) is 16.9. The normalized spacial score (nSPS) is 12.9. The third-order valence-corrected chi connectivity index (χ3v) is 3.55. The minimum Gasteiger partial charge on any atom is -0.287 e. The van der Waals surface area contributed by atoms with E-state index in [9.17, 15) is 18.0 Å². The lowest BCUT2D eigenvalue weighted by atomic mass is 10.1. The summed E-state index contributed by atoms with van der Waals surface area (Å²) in [6.07, 6.45) is 2.07. The molecule has 3 heterocycles. The Bertz CT molecular complexity index is 973. The van der Waals surface area contributed by atoms with E-state index in [1.807, 2.05) is 0 Å². The van der Waals surface area contributed by atoms with E-state index in [0.717, 1.165) is 6.20 Å². The van der Waals surface area contributed by atoms with Gasteiger partial charge in [-0.2, -0.15) is 13.2 Å². The Balaban J connectivity index is 1.87. The molecule has 0 aromatic carbocycles. The molecule has 24 heavy (non-hydrogen) atoms. The van der Waals surface area contributed by atoms with Crippen molar-refractivity contribution in [1.82, 2.24) is 24.9 Å². The SMILES string of the molecule is O=C1c2cnc(-c3cncnc3)cc2-c2cnc(C(F)(F)F)nc21. The first kappa shape index (κ1) is 14.4. The van der Waals surface area contributed by atoms with Gasteiger partial charge in [-0.3, -0.25) is 9.78 Å². The lowest BCUT2D eigenvalue weighted by Gasteiger charge is -2.06. The summed E-state index contributed by atoms with van der Waals surface area (Å²) in [4.78, 5) is 30.9. The molecule has 0 bridgehead atoms. The number of aromatic nitrogens is 5. The second kappa shape index (κ2) is 4.88. The van der Waals surface area contributed by atoms with E-state index >= 15 is 0 Å². The van der Waals surface area contributed by atoms with Gasteiger partial charge in [-0.25, -0.2) is 19.9 Å². The van der Waals surface area contributed by atoms with Gasteiger partial charge in [0.15, 0.2) is 0 Å². The maximum absolute atomic E-state index is 12.7. The summed E-state index contributed by atoms with van der Waals surface area (Å²) in [6.45, 7) is 0. The van der Waals surface area contributed by atoms with Crippen LogP contribution >= 0.6 is 0 Å². The molecule has 0 saturated heterocycles. The predicted octanol–water partition coefficient (Wildman–Crippen LogP) is 2.56. The third-order valence-electron chi connectivity index (χ3n) is 3.55. The Labute approximate surface area is 132 Å². The van der Waals surface area contributed by atoms with Crippen molar-refractivity contribution in [2.75, 3.05) is 0 Å². The topological polar surface area (TPSA) is 81.5 Å². The second-order valence-electron chi connectivity index (χ2n) is 5.03. The molecule has 0 amide bonds. The summed E-state index contributed by atoms with van der Waals surface area (Å²) in [5.74, 6) is -1.94. The van der Waals surface area contributed by atoms with Crippen LogP contribution in [0, 0.1) is 0 Å². The van der Waals surface area contributed by atoms with E-state index in [4.69, 9.17) is 0 Å². The van der Waals surface area contributed by atoms with Gasteiger partial charge in [0.1, 0.15) is 12.0 Å². The average Bonchev–Trinajstić information content (AvgIpc) is 2.87. The van der Waals surface area contributed by atoms with E-state index < -0.39 is 17.8 Å². The quantitative estimate of drug-likeness (QED) is 0.534. The number of carbonyl (C=O) groups excluding carboxylic acids is 1. The number of halogens is 3. The highest BCUT2D eigenvalue weighted by Crippen LogP contribution is 2.38. The largest absolute Gasteiger partial charge is 0.451 e. The van der Waals surface area contributed by atoms with Crippen molar-refractivity contribution in [2.45, 2.75) is 6.18 Å². The number of pyridine rings is 1. The van der Waals surface area contributed by atoms with Gasteiger partial charge in [-0.1, -0.05) is 0 Å². The van der Waals surface area contributed by atoms with Gasteiger partial charge in [-0.05, 0) is 6.07 Å². The van der Waals surface area contributed by atoms with Crippen LogP contribution in [0.4, 0.5) is 13.2 Å². The summed E-state index contributed by atoms with van der Waals surface area (Å²) in [6, 6.07) is 1.59. The van der Waals surface area contributed by atoms with Crippen molar-refractivity contribution < 1.29 is 18.0 Å². The molecule has 0 radical (unpaired) electrons. The fourth-order valence-electron chi connectivity index (χ4n) is 2.46. The van der Waals surface area contributed by atoms with Crippen molar-refractivity contribution in [3.63, 3.8) is 0 Å². The number of nitrogens with zero attached hydrogens (tertiary/aromatic N) is 5. The summed E-state index contributed by atoms with van der Waals surface area (Å²) in [5.41, 5.74) is 1.74. The van der Waals surface area contributed by atoms with Gasteiger partial charge in [-0.15, -0.1) is 0 Å². The van der Waals surface area contributed by atoms with Crippen LogP contribution in [0.15, 0.2) is 37.2 Å². The Morgan fingerprint density at radius 1 is 0.875 bits per heavy atom. The van der Waals surface area contributed by atoms with E-state index in [1.54, 1.807) is 18.5 Å². The molecule has 0 spiro atoms. The molecule has 0 atom stereocenters. The Morgan fingerprint density at radius 3 is 2.29 bits per heavy atom. The van der Waals surface area contributed by atoms with Crippen LogP contribution in [0.1, 0.15) is 21.9 Å². The molecule has 1 aliphatic rings. The zero-order valence-electron chi connectivity index (χ0n) is 11.7. The van der Waals surface area contributed by atoms with Crippen molar-refractivity contribution in [1.29, 1.82) is 0 Å². The van der Waals surface area contributed by atoms with Crippen LogP contribution in [0.25, 0.3) is 22.4 Å². The molecule has 1 aliphatic carbocycles. The molecule has 0 saturated carbocycles. The van der Waals surface area contributed by atoms with Gasteiger partial charge in [0.05, 0.1) is 11.3 Å².